The molecule has 3 heteroatoms. The molecule has 0 radical (unpaired) electrons. The van der Waals surface area contributed by atoms with Crippen molar-refractivity contribution in [2.24, 2.45) is 5.16 Å². The Balaban J connectivity index is 1.81. The molecule has 0 spiro atoms. The second-order valence-electron chi connectivity index (χ2n) is 5.87. The van der Waals surface area contributed by atoms with E-state index in [9.17, 15) is 0 Å². The van der Waals surface area contributed by atoms with Gasteiger partial charge in [0.2, 0.25) is 0 Å². The van der Waals surface area contributed by atoms with E-state index in [-0.39, 0.29) is 0 Å². The summed E-state index contributed by atoms with van der Waals surface area (Å²) in [7, 11) is 0. The van der Waals surface area contributed by atoms with E-state index >= 15 is 0 Å². The van der Waals surface area contributed by atoms with Gasteiger partial charge in [0.25, 0.3) is 0 Å². The first-order valence-electron chi connectivity index (χ1n) is 8.72. The van der Waals surface area contributed by atoms with Crippen LogP contribution in [0.5, 0.6) is 0 Å². The minimum Gasteiger partial charge on any atom is -0.396 e. The van der Waals surface area contributed by atoms with Gasteiger partial charge < -0.3 is 4.84 Å². The van der Waals surface area contributed by atoms with Crippen molar-refractivity contribution in [3.8, 4) is 11.1 Å². The van der Waals surface area contributed by atoms with Crippen molar-refractivity contribution in [2.75, 3.05) is 6.61 Å². The molecule has 0 atom stereocenters. The molecule has 0 N–H and O–H groups in total. The van der Waals surface area contributed by atoms with Crippen LogP contribution in [0, 0.1) is 0 Å². The van der Waals surface area contributed by atoms with Gasteiger partial charge in [-0.05, 0) is 53.8 Å². The Morgan fingerprint density at radius 1 is 0.962 bits per heavy atom. The van der Waals surface area contributed by atoms with Crippen molar-refractivity contribution < 1.29 is 4.84 Å². The van der Waals surface area contributed by atoms with Gasteiger partial charge in [0, 0.05) is 12.4 Å². The Hall–Kier alpha value is -3.20. The molecule has 26 heavy (non-hydrogen) atoms. The van der Waals surface area contributed by atoms with E-state index in [4.69, 9.17) is 4.84 Å². The summed E-state index contributed by atoms with van der Waals surface area (Å²) in [5.74, 6) is 0. The Bertz CT molecular complexity index is 897. The van der Waals surface area contributed by atoms with Crippen molar-refractivity contribution in [3.63, 3.8) is 0 Å². The van der Waals surface area contributed by atoms with E-state index in [1.54, 1.807) is 0 Å². The molecule has 2 aromatic carbocycles. The molecule has 3 aromatic rings. The third-order valence-corrected chi connectivity index (χ3v) is 4.07. The van der Waals surface area contributed by atoms with Crippen molar-refractivity contribution in [3.05, 3.63) is 89.7 Å². The van der Waals surface area contributed by atoms with Gasteiger partial charge in [-0.25, -0.2) is 0 Å². The van der Waals surface area contributed by atoms with E-state index in [0.717, 1.165) is 16.8 Å². The first-order valence-corrected chi connectivity index (χ1v) is 8.72. The molecule has 1 heterocycles. The Kier molecular flexibility index (Phi) is 5.94. The lowest BCUT2D eigenvalue weighted by molar-refractivity contribution is 0.159. The molecule has 0 aliphatic heterocycles. The summed E-state index contributed by atoms with van der Waals surface area (Å²) in [5, 5.41) is 4.07. The van der Waals surface area contributed by atoms with Crippen LogP contribution in [-0.4, -0.2) is 17.3 Å². The third-order valence-electron chi connectivity index (χ3n) is 4.07. The van der Waals surface area contributed by atoms with Crippen LogP contribution in [0.2, 0.25) is 0 Å². The van der Waals surface area contributed by atoms with Crippen LogP contribution in [-0.2, 0) is 4.84 Å². The molecule has 0 aliphatic carbocycles. The monoisotopic (exact) mass is 342 g/mol. The number of oxime groups is 1. The average molecular weight is 342 g/mol. The quantitative estimate of drug-likeness (QED) is 0.328. The lowest BCUT2D eigenvalue weighted by atomic mass is 9.99. The number of rotatable bonds is 6. The van der Waals surface area contributed by atoms with Gasteiger partial charge in [0.1, 0.15) is 6.61 Å². The molecule has 130 valence electrons. The molecule has 3 rings (SSSR count). The van der Waals surface area contributed by atoms with Gasteiger partial charge in [-0.1, -0.05) is 65.8 Å². The second kappa shape index (κ2) is 8.77. The standard InChI is InChI=1S/C23H22N2O/c1-3-26-25-18(2)20-11-8-19(9-12-20)10-13-21-6-4-5-7-23(21)22-14-16-24-17-15-22/h4-17H,3H2,1-2H3/b13-10+,25-18-. The molecule has 0 bridgehead atoms. The predicted molar refractivity (Wildman–Crippen MR) is 109 cm³/mol. The molecule has 0 saturated heterocycles. The first kappa shape index (κ1) is 17.6. The first-order chi connectivity index (χ1) is 12.8. The van der Waals surface area contributed by atoms with Crippen LogP contribution in [0.15, 0.2) is 78.2 Å². The summed E-state index contributed by atoms with van der Waals surface area (Å²) in [6.07, 6.45) is 7.91. The lowest BCUT2D eigenvalue weighted by Gasteiger charge is -2.06. The van der Waals surface area contributed by atoms with Gasteiger partial charge in [-0.15, -0.1) is 0 Å². The summed E-state index contributed by atoms with van der Waals surface area (Å²) in [5.41, 5.74) is 6.62. The zero-order chi connectivity index (χ0) is 18.2. The fourth-order valence-electron chi connectivity index (χ4n) is 2.67. The molecule has 1 aromatic heterocycles. The van der Waals surface area contributed by atoms with Crippen LogP contribution in [0.3, 0.4) is 0 Å². The average Bonchev–Trinajstić information content (AvgIpc) is 2.71. The third kappa shape index (κ3) is 4.45. The highest BCUT2D eigenvalue weighted by molar-refractivity contribution is 5.98. The summed E-state index contributed by atoms with van der Waals surface area (Å²) < 4.78 is 0. The SMILES string of the molecule is CCO/N=C(/C)c1ccc(/C=C/c2ccccc2-c2ccncc2)cc1. The van der Waals surface area contributed by atoms with E-state index < -0.39 is 0 Å². The van der Waals surface area contributed by atoms with E-state index in [2.05, 4.69) is 70.8 Å². The predicted octanol–water partition coefficient (Wildman–Crippen LogP) is 5.68. The van der Waals surface area contributed by atoms with E-state index in [0.29, 0.717) is 6.61 Å². The highest BCUT2D eigenvalue weighted by Crippen LogP contribution is 2.24. The lowest BCUT2D eigenvalue weighted by Crippen LogP contribution is -1.96. The van der Waals surface area contributed by atoms with Crippen LogP contribution in [0.4, 0.5) is 0 Å². The minimum atomic E-state index is 0.578. The maximum absolute atomic E-state index is 5.11. The van der Waals surface area contributed by atoms with Gasteiger partial charge in [0.05, 0.1) is 5.71 Å². The number of nitrogens with zero attached hydrogens (tertiary/aromatic N) is 2. The number of benzene rings is 2. The molecule has 0 fully saturated rings. The van der Waals surface area contributed by atoms with Gasteiger partial charge in [-0.3, -0.25) is 4.98 Å². The highest BCUT2D eigenvalue weighted by atomic mass is 16.6. The Labute approximate surface area is 154 Å². The van der Waals surface area contributed by atoms with E-state index in [1.807, 2.05) is 38.4 Å². The molecule has 3 nitrogen and oxygen atoms in total. The van der Waals surface area contributed by atoms with Gasteiger partial charge in [-0.2, -0.15) is 0 Å². The maximum Gasteiger partial charge on any atom is 0.114 e. The molecule has 0 amide bonds. The van der Waals surface area contributed by atoms with Crippen molar-refractivity contribution in [2.45, 2.75) is 13.8 Å². The summed E-state index contributed by atoms with van der Waals surface area (Å²) in [4.78, 5) is 9.21. The molecule has 0 unspecified atom stereocenters. The largest absolute Gasteiger partial charge is 0.396 e. The topological polar surface area (TPSA) is 34.5 Å². The maximum atomic E-state index is 5.11. The summed E-state index contributed by atoms with van der Waals surface area (Å²) >= 11 is 0. The van der Waals surface area contributed by atoms with Gasteiger partial charge in [0.15, 0.2) is 0 Å². The fraction of sp³-hybridized carbons (Fsp3) is 0.130. The van der Waals surface area contributed by atoms with Crippen molar-refractivity contribution >= 4 is 17.9 Å². The zero-order valence-corrected chi connectivity index (χ0v) is 15.1. The minimum absolute atomic E-state index is 0.578. The van der Waals surface area contributed by atoms with E-state index in [1.165, 1.54) is 16.7 Å². The molecular weight excluding hydrogens is 320 g/mol. The highest BCUT2D eigenvalue weighted by Gasteiger charge is 2.02. The van der Waals surface area contributed by atoms with Crippen LogP contribution in [0.25, 0.3) is 23.3 Å². The Morgan fingerprint density at radius 2 is 1.69 bits per heavy atom. The smallest absolute Gasteiger partial charge is 0.114 e. The number of aromatic nitrogens is 1. The molecule has 0 saturated carbocycles. The Morgan fingerprint density at radius 3 is 2.42 bits per heavy atom. The fourth-order valence-corrected chi connectivity index (χ4v) is 2.67. The van der Waals surface area contributed by atoms with Crippen LogP contribution in [0.1, 0.15) is 30.5 Å². The number of pyridine rings is 1. The normalized spacial score (nSPS) is 11.7. The number of hydrogen-bond acceptors (Lipinski definition) is 3. The van der Waals surface area contributed by atoms with Crippen molar-refractivity contribution in [1.82, 2.24) is 4.98 Å². The second-order valence-corrected chi connectivity index (χ2v) is 5.87. The number of hydrogen-bond donors (Lipinski definition) is 0. The van der Waals surface area contributed by atoms with Gasteiger partial charge >= 0.3 is 0 Å². The van der Waals surface area contributed by atoms with Crippen LogP contribution >= 0.6 is 0 Å². The van der Waals surface area contributed by atoms with Crippen LogP contribution < -0.4 is 0 Å². The summed E-state index contributed by atoms with van der Waals surface area (Å²) in [6, 6.07) is 20.7. The molecular formula is C23H22N2O. The summed E-state index contributed by atoms with van der Waals surface area (Å²) in [6.45, 7) is 4.45. The zero-order valence-electron chi connectivity index (χ0n) is 15.1. The van der Waals surface area contributed by atoms with Crippen molar-refractivity contribution in [1.29, 1.82) is 0 Å². The molecule has 0 aliphatic rings.